The van der Waals surface area contributed by atoms with Gasteiger partial charge in [0.2, 0.25) is 5.91 Å². The van der Waals surface area contributed by atoms with Crippen molar-refractivity contribution < 1.29 is 14.3 Å². The number of hydrogen-bond acceptors (Lipinski definition) is 6. The van der Waals surface area contributed by atoms with Crippen LogP contribution in [0.1, 0.15) is 51.0 Å². The molecule has 8 heteroatoms. The summed E-state index contributed by atoms with van der Waals surface area (Å²) in [5, 5.41) is 12.7. The van der Waals surface area contributed by atoms with Gasteiger partial charge >= 0.3 is 6.09 Å². The lowest BCUT2D eigenvalue weighted by Gasteiger charge is -2.58. The first-order chi connectivity index (χ1) is 14.8. The first-order valence-electron chi connectivity index (χ1n) is 11.2. The minimum atomic E-state index is -0.378. The van der Waals surface area contributed by atoms with E-state index in [4.69, 9.17) is 10.5 Å². The first-order valence-corrected chi connectivity index (χ1v) is 11.2. The number of carbonyl (C=O) groups is 2. The Morgan fingerprint density at radius 1 is 1.32 bits per heavy atom. The topological polar surface area (TPSA) is 121 Å². The third-order valence-corrected chi connectivity index (χ3v) is 8.03. The molecule has 4 saturated carbocycles. The number of nitriles is 1. The van der Waals surface area contributed by atoms with Crippen molar-refractivity contribution >= 4 is 17.8 Å². The van der Waals surface area contributed by atoms with E-state index in [2.05, 4.69) is 16.4 Å². The van der Waals surface area contributed by atoms with Gasteiger partial charge in [-0.05, 0) is 75.3 Å². The van der Waals surface area contributed by atoms with Gasteiger partial charge < -0.3 is 20.7 Å². The highest BCUT2D eigenvalue weighted by Gasteiger charge is 2.59. The van der Waals surface area contributed by atoms with Gasteiger partial charge in [-0.1, -0.05) is 0 Å². The smallest absolute Gasteiger partial charge is 0.410 e. The van der Waals surface area contributed by atoms with E-state index in [-0.39, 0.29) is 40.9 Å². The molecule has 164 valence electrons. The van der Waals surface area contributed by atoms with Crippen molar-refractivity contribution in [2.45, 2.75) is 57.1 Å². The van der Waals surface area contributed by atoms with Gasteiger partial charge in [0.1, 0.15) is 18.0 Å². The Kier molecular flexibility index (Phi) is 4.61. The number of amides is 2. The summed E-state index contributed by atoms with van der Waals surface area (Å²) in [4.78, 5) is 31.2. The van der Waals surface area contributed by atoms with Crippen LogP contribution in [0.3, 0.4) is 0 Å². The van der Waals surface area contributed by atoms with Crippen molar-refractivity contribution in [2.24, 2.45) is 28.9 Å². The number of rotatable bonds is 4. The Bertz CT molecular complexity index is 943. The predicted molar refractivity (Wildman–Crippen MR) is 113 cm³/mol. The molecule has 6 rings (SSSR count). The van der Waals surface area contributed by atoms with Crippen molar-refractivity contribution in [3.8, 4) is 6.07 Å². The third-order valence-electron chi connectivity index (χ3n) is 8.03. The summed E-state index contributed by atoms with van der Waals surface area (Å²) in [7, 11) is 0. The summed E-state index contributed by atoms with van der Waals surface area (Å²) >= 11 is 0. The molecule has 8 nitrogen and oxygen atoms in total. The zero-order valence-corrected chi connectivity index (χ0v) is 17.8. The Morgan fingerprint density at radius 2 is 2.06 bits per heavy atom. The van der Waals surface area contributed by atoms with Crippen molar-refractivity contribution in [1.82, 2.24) is 9.88 Å². The number of hydrogen-bond donors (Lipinski definition) is 2. The lowest BCUT2D eigenvalue weighted by molar-refractivity contribution is -0.161. The van der Waals surface area contributed by atoms with Crippen LogP contribution in [0.15, 0.2) is 18.3 Å². The van der Waals surface area contributed by atoms with Crippen LogP contribution >= 0.6 is 0 Å². The Morgan fingerprint density at radius 3 is 2.74 bits per heavy atom. The summed E-state index contributed by atoms with van der Waals surface area (Å²) in [6, 6.07) is 5.61. The molecule has 2 amide bonds. The normalized spacial score (nSPS) is 38.0. The number of anilines is 1. The monoisotopic (exact) mass is 423 g/mol. The minimum Gasteiger partial charge on any atom is -0.446 e. The molecule has 4 aliphatic carbocycles. The lowest BCUT2D eigenvalue weighted by Crippen LogP contribution is -2.59. The highest BCUT2D eigenvalue weighted by molar-refractivity contribution is 5.81. The third kappa shape index (κ3) is 3.40. The van der Waals surface area contributed by atoms with Crippen LogP contribution in [0.4, 0.5) is 10.6 Å². The average molecular weight is 424 g/mol. The van der Waals surface area contributed by atoms with E-state index in [0.29, 0.717) is 30.4 Å². The van der Waals surface area contributed by atoms with Crippen LogP contribution < -0.4 is 11.1 Å². The molecule has 1 aliphatic heterocycles. The van der Waals surface area contributed by atoms with Crippen LogP contribution in [0, 0.1) is 34.5 Å². The van der Waals surface area contributed by atoms with Gasteiger partial charge in [-0.15, -0.1) is 0 Å². The second kappa shape index (κ2) is 7.11. The zero-order chi connectivity index (χ0) is 21.8. The van der Waals surface area contributed by atoms with Gasteiger partial charge in [0.15, 0.2) is 0 Å². The van der Waals surface area contributed by atoms with Gasteiger partial charge in [-0.25, -0.2) is 9.78 Å². The number of carbonyl (C=O) groups excluding carboxylic acids is 2. The SMILES string of the molecule is CC1(Nc2ncccc2C#N)CCN(C(=O)OC2C3CC4C[C@H]2C[C@@](C(N)=O)(C4)C3)C1. The Labute approximate surface area is 182 Å². The lowest BCUT2D eigenvalue weighted by atomic mass is 9.48. The molecule has 6 atom stereocenters. The van der Waals surface area contributed by atoms with E-state index < -0.39 is 0 Å². The molecule has 4 unspecified atom stereocenters. The molecule has 0 spiro atoms. The number of pyridine rings is 1. The number of nitrogens with one attached hydrogen (secondary N) is 1. The van der Waals surface area contributed by atoms with E-state index in [0.717, 1.165) is 38.5 Å². The van der Waals surface area contributed by atoms with Crippen molar-refractivity contribution in [2.75, 3.05) is 18.4 Å². The molecule has 2 heterocycles. The second-order valence-corrected chi connectivity index (χ2v) is 10.3. The number of ether oxygens (including phenoxy) is 1. The molecule has 5 aliphatic rings. The molecule has 1 aromatic heterocycles. The largest absolute Gasteiger partial charge is 0.446 e. The molecule has 5 fully saturated rings. The Balaban J connectivity index is 1.23. The van der Waals surface area contributed by atoms with Crippen LogP contribution in [0.5, 0.6) is 0 Å². The molecule has 1 saturated heterocycles. The second-order valence-electron chi connectivity index (χ2n) is 10.3. The fourth-order valence-electron chi connectivity index (χ4n) is 6.76. The quantitative estimate of drug-likeness (QED) is 0.768. The Hall–Kier alpha value is -2.82. The molecule has 31 heavy (non-hydrogen) atoms. The average Bonchev–Trinajstić information content (AvgIpc) is 3.12. The first kappa shape index (κ1) is 20.1. The van der Waals surface area contributed by atoms with E-state index in [1.54, 1.807) is 23.2 Å². The maximum atomic E-state index is 13.0. The molecular formula is C23H29N5O3. The molecule has 3 N–H and O–H groups in total. The van der Waals surface area contributed by atoms with Crippen LogP contribution in [-0.2, 0) is 9.53 Å². The van der Waals surface area contributed by atoms with Crippen molar-refractivity contribution in [3.05, 3.63) is 23.9 Å². The minimum absolute atomic E-state index is 0.114. The van der Waals surface area contributed by atoms with Gasteiger partial charge in [0, 0.05) is 19.3 Å². The molecular weight excluding hydrogens is 394 g/mol. The van der Waals surface area contributed by atoms with Crippen molar-refractivity contribution in [1.29, 1.82) is 5.26 Å². The number of likely N-dealkylation sites (tertiary alicyclic amines) is 1. The van der Waals surface area contributed by atoms with Crippen LogP contribution in [0.25, 0.3) is 0 Å². The molecule has 0 radical (unpaired) electrons. The van der Waals surface area contributed by atoms with Gasteiger partial charge in [0.25, 0.3) is 0 Å². The zero-order valence-electron chi connectivity index (χ0n) is 17.8. The number of aromatic nitrogens is 1. The maximum absolute atomic E-state index is 13.0. The van der Waals surface area contributed by atoms with E-state index in [9.17, 15) is 14.9 Å². The summed E-state index contributed by atoms with van der Waals surface area (Å²) in [5.74, 6) is 1.37. The van der Waals surface area contributed by atoms with E-state index in [1.807, 2.05) is 6.92 Å². The standard InChI is InChI=1S/C23H29N5O3/c1-22(27-19-15(12-24)3-2-5-26-19)4-6-28(13-22)21(30)31-18-16-7-14-8-17(18)11-23(9-14,10-16)20(25)29/h2-3,5,14,16-18H,4,6-11,13H2,1H3,(H2,25,29)(H,26,27)/t14?,16-,17?,18?,22?,23-/m0/s1. The van der Waals surface area contributed by atoms with Crippen molar-refractivity contribution in [3.63, 3.8) is 0 Å². The maximum Gasteiger partial charge on any atom is 0.410 e. The van der Waals surface area contributed by atoms with Crippen LogP contribution in [0.2, 0.25) is 0 Å². The molecule has 0 aromatic carbocycles. The van der Waals surface area contributed by atoms with E-state index in [1.165, 1.54) is 0 Å². The number of nitrogens with zero attached hydrogens (tertiary/aromatic N) is 3. The van der Waals surface area contributed by atoms with Gasteiger partial charge in [0.05, 0.1) is 16.5 Å². The highest BCUT2D eigenvalue weighted by atomic mass is 16.6. The predicted octanol–water partition coefficient (Wildman–Crippen LogP) is 2.65. The number of nitrogens with two attached hydrogens (primary N) is 1. The molecule has 4 bridgehead atoms. The fourth-order valence-corrected chi connectivity index (χ4v) is 6.76. The van der Waals surface area contributed by atoms with Gasteiger partial charge in [-0.3, -0.25) is 4.79 Å². The summed E-state index contributed by atoms with van der Waals surface area (Å²) in [5.41, 5.74) is 5.50. The van der Waals surface area contributed by atoms with Crippen LogP contribution in [-0.4, -0.2) is 46.6 Å². The summed E-state index contributed by atoms with van der Waals surface area (Å²) in [6.45, 7) is 3.12. The van der Waals surface area contributed by atoms with Gasteiger partial charge in [-0.2, -0.15) is 5.26 Å². The fraction of sp³-hybridized carbons (Fsp3) is 0.652. The summed E-state index contributed by atoms with van der Waals surface area (Å²) in [6.07, 6.45) is 6.47. The number of primary amides is 1. The molecule has 1 aromatic rings. The summed E-state index contributed by atoms with van der Waals surface area (Å²) < 4.78 is 6.06. The van der Waals surface area contributed by atoms with E-state index >= 15 is 0 Å². The highest BCUT2D eigenvalue weighted by Crippen LogP contribution is 2.60.